The van der Waals surface area contributed by atoms with E-state index in [1.165, 1.54) is 0 Å². The van der Waals surface area contributed by atoms with Crippen molar-refractivity contribution in [3.8, 4) is 23.0 Å². The highest BCUT2D eigenvalue weighted by atomic mass is 19.4. The van der Waals surface area contributed by atoms with Gasteiger partial charge in [0.1, 0.15) is 23.0 Å². The van der Waals surface area contributed by atoms with E-state index >= 15 is 0 Å². The van der Waals surface area contributed by atoms with Gasteiger partial charge in [-0.2, -0.15) is 52.7 Å². The highest BCUT2D eigenvalue weighted by molar-refractivity contribution is 5.56. The Labute approximate surface area is 204 Å². The number of benzene rings is 3. The van der Waals surface area contributed by atoms with E-state index in [2.05, 4.69) is 0 Å². The summed E-state index contributed by atoms with van der Waals surface area (Å²) in [6, 6.07) is 2.23. The van der Waals surface area contributed by atoms with E-state index in [1.807, 2.05) is 0 Å². The van der Waals surface area contributed by atoms with Crippen molar-refractivity contribution in [1.29, 1.82) is 0 Å². The number of alkyl halides is 12. The predicted molar refractivity (Wildman–Crippen MR) is 108 cm³/mol. The Morgan fingerprint density at radius 3 is 1.05 bits per heavy atom. The van der Waals surface area contributed by atoms with E-state index in [4.69, 9.17) is 20.9 Å². The van der Waals surface area contributed by atoms with Crippen LogP contribution in [0.25, 0.3) is 0 Å². The monoisotopic (exact) mass is 564 g/mol. The first-order valence-electron chi connectivity index (χ1n) is 9.78. The molecule has 0 aliphatic rings. The molecule has 4 nitrogen and oxygen atoms in total. The van der Waals surface area contributed by atoms with Gasteiger partial charge >= 0.3 is 24.7 Å². The molecule has 0 spiro atoms. The lowest BCUT2D eigenvalue weighted by molar-refractivity contribution is -0.144. The van der Waals surface area contributed by atoms with Crippen LogP contribution in [0.2, 0.25) is 0 Å². The Morgan fingerprint density at radius 1 is 0.421 bits per heavy atom. The van der Waals surface area contributed by atoms with Crippen molar-refractivity contribution in [2.24, 2.45) is 0 Å². The Balaban J connectivity index is 2.21. The number of anilines is 2. The van der Waals surface area contributed by atoms with Gasteiger partial charge < -0.3 is 20.9 Å². The zero-order valence-electron chi connectivity index (χ0n) is 18.1. The van der Waals surface area contributed by atoms with E-state index < -0.39 is 87.4 Å². The van der Waals surface area contributed by atoms with E-state index in [-0.39, 0.29) is 18.2 Å². The third-order valence-electron chi connectivity index (χ3n) is 4.66. The van der Waals surface area contributed by atoms with Gasteiger partial charge in [-0.3, -0.25) is 0 Å². The molecule has 38 heavy (non-hydrogen) atoms. The van der Waals surface area contributed by atoms with Gasteiger partial charge in [0, 0.05) is 29.6 Å². The molecular formula is C22H12F12N2O2. The van der Waals surface area contributed by atoms with Gasteiger partial charge in [0.15, 0.2) is 0 Å². The summed E-state index contributed by atoms with van der Waals surface area (Å²) in [6.07, 6.45) is -21.1. The van der Waals surface area contributed by atoms with Crippen LogP contribution in [0.3, 0.4) is 0 Å². The maximum absolute atomic E-state index is 13.6. The number of hydrogen-bond donors (Lipinski definition) is 2. The largest absolute Gasteiger partial charge is 0.456 e. The van der Waals surface area contributed by atoms with Crippen molar-refractivity contribution in [3.05, 3.63) is 70.8 Å². The Morgan fingerprint density at radius 2 is 0.763 bits per heavy atom. The topological polar surface area (TPSA) is 70.5 Å². The highest BCUT2D eigenvalue weighted by Gasteiger charge is 2.42. The summed E-state index contributed by atoms with van der Waals surface area (Å²) in [5.74, 6) is -4.79. The van der Waals surface area contributed by atoms with Crippen molar-refractivity contribution in [3.63, 3.8) is 0 Å². The van der Waals surface area contributed by atoms with Crippen molar-refractivity contribution in [1.82, 2.24) is 0 Å². The second-order valence-corrected chi connectivity index (χ2v) is 7.62. The third-order valence-corrected chi connectivity index (χ3v) is 4.66. The molecule has 0 aliphatic carbocycles. The van der Waals surface area contributed by atoms with Crippen LogP contribution in [0.1, 0.15) is 22.3 Å². The Kier molecular flexibility index (Phi) is 7.07. The SMILES string of the molecule is Nc1cc(Oc2cc(Oc3cc(N)cc(C(F)(F)F)c3)c(C(F)(F)F)cc2C(F)(F)F)cc(C(F)(F)F)c1. The van der Waals surface area contributed by atoms with Gasteiger partial charge in [-0.05, 0) is 30.3 Å². The molecule has 0 bridgehead atoms. The van der Waals surface area contributed by atoms with Crippen LogP contribution < -0.4 is 20.9 Å². The fraction of sp³-hybridized carbons (Fsp3) is 0.182. The van der Waals surface area contributed by atoms with Crippen LogP contribution in [0.15, 0.2) is 48.5 Å². The predicted octanol–water partition coefficient (Wildman–Crippen LogP) is 8.51. The van der Waals surface area contributed by atoms with Gasteiger partial charge in [-0.25, -0.2) is 0 Å². The van der Waals surface area contributed by atoms with Gasteiger partial charge in [-0.1, -0.05) is 0 Å². The fourth-order valence-corrected chi connectivity index (χ4v) is 3.12. The summed E-state index contributed by atoms with van der Waals surface area (Å²) in [5.41, 5.74) is 2.42. The molecule has 0 unspecified atom stereocenters. The molecule has 0 saturated heterocycles. The first-order chi connectivity index (χ1) is 17.1. The lowest BCUT2D eigenvalue weighted by Gasteiger charge is -2.21. The lowest BCUT2D eigenvalue weighted by atomic mass is 10.1. The maximum Gasteiger partial charge on any atom is 0.420 e. The summed E-state index contributed by atoms with van der Waals surface area (Å²) in [4.78, 5) is 0. The summed E-state index contributed by atoms with van der Waals surface area (Å²) in [7, 11) is 0. The first kappa shape index (κ1) is 28.6. The van der Waals surface area contributed by atoms with Crippen LogP contribution in [0.5, 0.6) is 23.0 Å². The second-order valence-electron chi connectivity index (χ2n) is 7.62. The molecule has 0 aliphatic heterocycles. The molecule has 0 heterocycles. The molecule has 16 heteroatoms. The zero-order valence-corrected chi connectivity index (χ0v) is 18.1. The Hall–Kier alpha value is -3.98. The number of rotatable bonds is 4. The van der Waals surface area contributed by atoms with E-state index in [0.717, 1.165) is 0 Å². The summed E-state index contributed by atoms with van der Waals surface area (Å²) >= 11 is 0. The fourth-order valence-electron chi connectivity index (χ4n) is 3.12. The molecule has 0 amide bonds. The molecule has 3 aromatic rings. The summed E-state index contributed by atoms with van der Waals surface area (Å²) in [6.45, 7) is 0. The average molecular weight is 564 g/mol. The normalized spacial score (nSPS) is 12.9. The number of ether oxygens (including phenoxy) is 2. The lowest BCUT2D eigenvalue weighted by Crippen LogP contribution is -2.14. The molecule has 0 saturated carbocycles. The molecular weight excluding hydrogens is 552 g/mol. The van der Waals surface area contributed by atoms with Crippen LogP contribution in [-0.2, 0) is 24.7 Å². The maximum atomic E-state index is 13.6. The van der Waals surface area contributed by atoms with Crippen LogP contribution in [0.4, 0.5) is 64.1 Å². The van der Waals surface area contributed by atoms with Crippen LogP contribution >= 0.6 is 0 Å². The minimum atomic E-state index is -5.53. The zero-order chi connectivity index (χ0) is 28.8. The molecule has 4 N–H and O–H groups in total. The number of hydrogen-bond acceptors (Lipinski definition) is 4. The first-order valence-corrected chi connectivity index (χ1v) is 9.78. The summed E-state index contributed by atoms with van der Waals surface area (Å²) in [5, 5.41) is 0. The molecule has 3 rings (SSSR count). The molecule has 0 aromatic heterocycles. The van der Waals surface area contributed by atoms with E-state index in [0.29, 0.717) is 24.3 Å². The highest BCUT2D eigenvalue weighted by Crippen LogP contribution is 2.48. The molecule has 3 aromatic carbocycles. The molecule has 206 valence electrons. The Bertz CT molecular complexity index is 1240. The van der Waals surface area contributed by atoms with Crippen molar-refractivity contribution in [2.75, 3.05) is 11.5 Å². The quantitative estimate of drug-likeness (QED) is 0.246. The minimum Gasteiger partial charge on any atom is -0.456 e. The summed E-state index contributed by atoms with van der Waals surface area (Å²) < 4.78 is 170. The number of halogens is 12. The second kappa shape index (κ2) is 9.40. The van der Waals surface area contributed by atoms with E-state index in [1.54, 1.807) is 0 Å². The van der Waals surface area contributed by atoms with Gasteiger partial charge in [0.05, 0.1) is 22.3 Å². The van der Waals surface area contributed by atoms with Crippen molar-refractivity contribution in [2.45, 2.75) is 24.7 Å². The smallest absolute Gasteiger partial charge is 0.420 e. The van der Waals surface area contributed by atoms with Gasteiger partial charge in [0.25, 0.3) is 0 Å². The minimum absolute atomic E-state index is 0.0263. The molecule has 0 fully saturated rings. The van der Waals surface area contributed by atoms with Gasteiger partial charge in [-0.15, -0.1) is 0 Å². The van der Waals surface area contributed by atoms with Crippen molar-refractivity contribution >= 4 is 11.4 Å². The molecule has 0 radical (unpaired) electrons. The number of nitrogen functional groups attached to an aromatic ring is 2. The van der Waals surface area contributed by atoms with Crippen LogP contribution in [0, 0.1) is 0 Å². The number of nitrogens with two attached hydrogens (primary N) is 2. The van der Waals surface area contributed by atoms with E-state index in [9.17, 15) is 52.7 Å². The average Bonchev–Trinajstić information content (AvgIpc) is 2.70. The van der Waals surface area contributed by atoms with Crippen molar-refractivity contribution < 1.29 is 62.2 Å². The van der Waals surface area contributed by atoms with Crippen LogP contribution in [-0.4, -0.2) is 0 Å². The third kappa shape index (κ3) is 6.66. The molecule has 0 atom stereocenters. The standard InChI is InChI=1S/C22H12F12N2O2/c23-19(24,25)9-1-11(35)5-13(3-9)37-17-8-18(16(22(32,33)34)7-15(17)21(29,30)31)38-14-4-10(20(26,27)28)2-12(36)6-14/h1-8H,35-36H2. The van der Waals surface area contributed by atoms with Gasteiger partial charge in [0.2, 0.25) is 0 Å².